The fourth-order valence-electron chi connectivity index (χ4n) is 3.05. The number of alkyl carbamates (subject to hydrolysis) is 1. The lowest BCUT2D eigenvalue weighted by atomic mass is 9.93. The van der Waals surface area contributed by atoms with E-state index in [1.165, 1.54) is 0 Å². The Kier molecular flexibility index (Phi) is 4.21. The quantitative estimate of drug-likeness (QED) is 0.809. The van der Waals surface area contributed by atoms with Crippen LogP contribution in [0.5, 0.6) is 0 Å². The molecule has 0 spiro atoms. The maximum atomic E-state index is 13.2. The number of Topliss-reactive ketones (excluding diaryl/α,β-unsaturated/α-hetero) is 1. The zero-order chi connectivity index (χ0) is 16.0. The van der Waals surface area contributed by atoms with Crippen molar-refractivity contribution in [2.45, 2.75) is 51.2 Å². The average Bonchev–Trinajstić information content (AvgIpc) is 2.75. The molecule has 2 aliphatic rings. The molecule has 0 aromatic carbocycles. The minimum atomic E-state index is -2.61. The van der Waals surface area contributed by atoms with Crippen molar-refractivity contribution in [1.82, 2.24) is 5.32 Å². The van der Waals surface area contributed by atoms with E-state index >= 15 is 0 Å². The van der Waals surface area contributed by atoms with Gasteiger partial charge in [-0.05, 0) is 33.6 Å². The zero-order valence-corrected chi connectivity index (χ0v) is 13.0. The van der Waals surface area contributed by atoms with Crippen molar-refractivity contribution in [3.63, 3.8) is 0 Å². The first-order chi connectivity index (χ1) is 9.56. The molecule has 1 amide bonds. The van der Waals surface area contributed by atoms with Gasteiger partial charge in [-0.1, -0.05) is 0 Å². The summed E-state index contributed by atoms with van der Waals surface area (Å²) in [5, 5.41) is 2.59. The van der Waals surface area contributed by atoms with Crippen molar-refractivity contribution >= 4 is 23.5 Å². The topological polar surface area (TPSA) is 55.4 Å². The Morgan fingerprint density at radius 3 is 2.29 bits per heavy atom. The molecule has 0 aromatic rings. The van der Waals surface area contributed by atoms with Crippen LogP contribution < -0.4 is 5.32 Å². The van der Waals surface area contributed by atoms with Crippen LogP contribution in [0.3, 0.4) is 0 Å². The summed E-state index contributed by atoms with van der Waals surface area (Å²) in [5.41, 5.74) is -0.503. The van der Waals surface area contributed by atoms with Crippen LogP contribution in [-0.4, -0.2) is 35.3 Å². The Hall–Kier alpha value is -0.910. The highest BCUT2D eigenvalue weighted by Crippen LogP contribution is 2.66. The predicted octanol–water partition coefficient (Wildman–Crippen LogP) is 2.98. The Labute approximate surface area is 127 Å². The first kappa shape index (κ1) is 16.5. The first-order valence-electron chi connectivity index (χ1n) is 7.01. The summed E-state index contributed by atoms with van der Waals surface area (Å²) in [5.74, 6) is -5.06. The number of halogens is 3. The molecule has 7 heteroatoms. The Morgan fingerprint density at radius 1 is 1.33 bits per heavy atom. The lowest BCUT2D eigenvalue weighted by Crippen LogP contribution is -2.45. The summed E-state index contributed by atoms with van der Waals surface area (Å²) in [6.45, 7) is 5.33. The second kappa shape index (κ2) is 5.38. The molecule has 2 aliphatic carbocycles. The van der Waals surface area contributed by atoms with Crippen LogP contribution in [0.25, 0.3) is 0 Å². The van der Waals surface area contributed by atoms with Crippen molar-refractivity contribution in [1.29, 1.82) is 0 Å². The second-order valence-electron chi connectivity index (χ2n) is 6.92. The van der Waals surface area contributed by atoms with Crippen LogP contribution in [0.15, 0.2) is 0 Å². The molecule has 0 bridgehead atoms. The number of amides is 1. The van der Waals surface area contributed by atoms with Crippen LogP contribution >= 0.6 is 11.6 Å². The predicted molar refractivity (Wildman–Crippen MR) is 73.5 cm³/mol. The van der Waals surface area contributed by atoms with E-state index < -0.39 is 41.3 Å². The number of fused-ring (bicyclic) bond motifs is 1. The van der Waals surface area contributed by atoms with Gasteiger partial charge < -0.3 is 10.1 Å². The lowest BCUT2D eigenvalue weighted by Gasteiger charge is -2.26. The molecule has 21 heavy (non-hydrogen) atoms. The zero-order valence-electron chi connectivity index (χ0n) is 12.3. The maximum absolute atomic E-state index is 13.2. The van der Waals surface area contributed by atoms with E-state index in [0.717, 1.165) is 0 Å². The second-order valence-corrected chi connectivity index (χ2v) is 7.19. The minimum absolute atomic E-state index is 0.202. The smallest absolute Gasteiger partial charge is 0.408 e. The van der Waals surface area contributed by atoms with Gasteiger partial charge in [-0.15, -0.1) is 11.6 Å². The fourth-order valence-corrected chi connectivity index (χ4v) is 3.20. The highest BCUT2D eigenvalue weighted by Gasteiger charge is 2.72. The Morgan fingerprint density at radius 2 is 1.86 bits per heavy atom. The van der Waals surface area contributed by atoms with E-state index in [4.69, 9.17) is 16.3 Å². The van der Waals surface area contributed by atoms with E-state index in [0.29, 0.717) is 0 Å². The standard InChI is InChI=1S/C14H20ClF2NO3/c1-13(2,3)18-12(20)21-11(10(19)6-15)7-4-8-9(5-7)14(8,16)17/h7-9,11H,4-6H2,1-3H3,(H,18,20). The van der Waals surface area contributed by atoms with Crippen LogP contribution in [0, 0.1) is 17.8 Å². The van der Waals surface area contributed by atoms with Crippen LogP contribution in [-0.2, 0) is 9.53 Å². The molecule has 0 radical (unpaired) electrons. The number of alkyl halides is 3. The number of carbonyl (C=O) groups is 2. The van der Waals surface area contributed by atoms with Crippen molar-refractivity contribution in [3.05, 3.63) is 0 Å². The van der Waals surface area contributed by atoms with Gasteiger partial charge in [0.25, 0.3) is 5.92 Å². The molecule has 3 atom stereocenters. The summed E-state index contributed by atoms with van der Waals surface area (Å²) in [4.78, 5) is 23.6. The van der Waals surface area contributed by atoms with Gasteiger partial charge in [0.05, 0.1) is 5.88 Å². The molecule has 2 rings (SSSR count). The average molecular weight is 324 g/mol. The van der Waals surface area contributed by atoms with Gasteiger partial charge in [0.1, 0.15) is 0 Å². The molecule has 0 saturated heterocycles. The number of ketones is 1. The van der Waals surface area contributed by atoms with E-state index in [1.807, 2.05) is 0 Å². The Bertz CT molecular complexity index is 436. The van der Waals surface area contributed by atoms with Gasteiger partial charge in [-0.25, -0.2) is 13.6 Å². The monoisotopic (exact) mass is 323 g/mol. The van der Waals surface area contributed by atoms with Crippen molar-refractivity contribution in [2.24, 2.45) is 17.8 Å². The number of rotatable bonds is 4. The summed E-state index contributed by atoms with van der Waals surface area (Å²) in [6.07, 6.45) is -1.35. The maximum Gasteiger partial charge on any atom is 0.408 e. The third-order valence-electron chi connectivity index (χ3n) is 4.07. The van der Waals surface area contributed by atoms with Gasteiger partial charge in [-0.3, -0.25) is 4.79 Å². The normalized spacial score (nSPS) is 31.2. The van der Waals surface area contributed by atoms with E-state index in [1.54, 1.807) is 20.8 Å². The minimum Gasteiger partial charge on any atom is -0.438 e. The molecule has 0 aliphatic heterocycles. The summed E-state index contributed by atoms with van der Waals surface area (Å²) in [6, 6.07) is 0. The first-order valence-corrected chi connectivity index (χ1v) is 7.55. The largest absolute Gasteiger partial charge is 0.438 e. The van der Waals surface area contributed by atoms with E-state index in [-0.39, 0.29) is 24.6 Å². The van der Waals surface area contributed by atoms with E-state index in [9.17, 15) is 18.4 Å². The van der Waals surface area contributed by atoms with Gasteiger partial charge in [0, 0.05) is 23.3 Å². The summed E-state index contributed by atoms with van der Waals surface area (Å²) >= 11 is 5.54. The van der Waals surface area contributed by atoms with Crippen LogP contribution in [0.4, 0.5) is 13.6 Å². The molecule has 0 heterocycles. The van der Waals surface area contributed by atoms with Crippen molar-refractivity contribution in [2.75, 3.05) is 5.88 Å². The molecule has 0 aromatic heterocycles. The molecule has 4 nitrogen and oxygen atoms in total. The summed E-state index contributed by atoms with van der Waals surface area (Å²) in [7, 11) is 0. The molecular weight excluding hydrogens is 304 g/mol. The highest BCUT2D eigenvalue weighted by molar-refractivity contribution is 6.28. The van der Waals surface area contributed by atoms with Gasteiger partial charge in [0.15, 0.2) is 11.9 Å². The van der Waals surface area contributed by atoms with Crippen LogP contribution in [0.1, 0.15) is 33.6 Å². The Balaban J connectivity index is 1.97. The third kappa shape index (κ3) is 3.47. The fraction of sp³-hybridized carbons (Fsp3) is 0.857. The number of hydrogen-bond acceptors (Lipinski definition) is 3. The molecule has 120 valence electrons. The van der Waals surface area contributed by atoms with Crippen molar-refractivity contribution in [3.8, 4) is 0 Å². The SMILES string of the molecule is CC(C)(C)NC(=O)OC(C(=O)CCl)C1CC2C(C1)C2(F)F. The van der Waals surface area contributed by atoms with Crippen molar-refractivity contribution < 1.29 is 23.1 Å². The molecule has 2 fully saturated rings. The van der Waals surface area contributed by atoms with Crippen LogP contribution in [0.2, 0.25) is 0 Å². The molecular formula is C14H20ClF2NO3. The number of hydrogen-bond donors (Lipinski definition) is 1. The number of nitrogens with one attached hydrogen (secondary N) is 1. The molecule has 1 N–H and O–H groups in total. The van der Waals surface area contributed by atoms with E-state index in [2.05, 4.69) is 5.32 Å². The highest BCUT2D eigenvalue weighted by atomic mass is 35.5. The molecule has 3 unspecified atom stereocenters. The summed E-state index contributed by atoms with van der Waals surface area (Å²) < 4.78 is 31.6. The number of carbonyl (C=O) groups excluding carboxylic acids is 2. The third-order valence-corrected chi connectivity index (χ3v) is 4.33. The van der Waals surface area contributed by atoms with Gasteiger partial charge >= 0.3 is 6.09 Å². The van der Waals surface area contributed by atoms with Gasteiger partial charge in [0.2, 0.25) is 0 Å². The lowest BCUT2D eigenvalue weighted by molar-refractivity contribution is -0.128. The molecule has 2 saturated carbocycles. The van der Waals surface area contributed by atoms with Gasteiger partial charge in [-0.2, -0.15) is 0 Å². The number of ether oxygens (including phenoxy) is 1.